The molecular formula is C29H47F. The third kappa shape index (κ3) is 6.83. The maximum atomic E-state index is 13.2. The van der Waals surface area contributed by atoms with Gasteiger partial charge in [-0.15, -0.1) is 0 Å². The zero-order chi connectivity index (χ0) is 21.3. The van der Waals surface area contributed by atoms with E-state index in [-0.39, 0.29) is 5.82 Å². The van der Waals surface area contributed by atoms with Gasteiger partial charge >= 0.3 is 0 Å². The Morgan fingerprint density at radius 3 is 1.87 bits per heavy atom. The van der Waals surface area contributed by atoms with Crippen molar-refractivity contribution in [1.82, 2.24) is 0 Å². The summed E-state index contributed by atoms with van der Waals surface area (Å²) in [6.45, 7) is 7.23. The van der Waals surface area contributed by atoms with Gasteiger partial charge in [0.15, 0.2) is 0 Å². The Morgan fingerprint density at radius 2 is 1.27 bits per heavy atom. The van der Waals surface area contributed by atoms with Gasteiger partial charge in [0.1, 0.15) is 5.82 Å². The molecule has 3 rings (SSSR count). The van der Waals surface area contributed by atoms with E-state index in [4.69, 9.17) is 0 Å². The lowest BCUT2D eigenvalue weighted by Crippen LogP contribution is -2.29. The van der Waals surface area contributed by atoms with E-state index >= 15 is 0 Å². The van der Waals surface area contributed by atoms with Crippen LogP contribution in [0.2, 0.25) is 0 Å². The first-order chi connectivity index (χ1) is 14.6. The van der Waals surface area contributed by atoms with Gasteiger partial charge in [-0.2, -0.15) is 0 Å². The van der Waals surface area contributed by atoms with Gasteiger partial charge in [0.05, 0.1) is 0 Å². The van der Waals surface area contributed by atoms with Crippen molar-refractivity contribution in [3.8, 4) is 0 Å². The SMILES string of the molecule is CCCCCCCC1CCC(C(C)C2CCC(C(C)c3ccc(F)cc3)CC2)CC1. The summed E-state index contributed by atoms with van der Waals surface area (Å²) < 4.78 is 13.2. The van der Waals surface area contributed by atoms with Crippen LogP contribution in [0.3, 0.4) is 0 Å². The molecule has 0 saturated heterocycles. The average molecular weight is 415 g/mol. The summed E-state index contributed by atoms with van der Waals surface area (Å²) in [6.07, 6.45) is 20.2. The Labute approximate surface area is 186 Å². The molecule has 30 heavy (non-hydrogen) atoms. The molecule has 0 aromatic heterocycles. The van der Waals surface area contributed by atoms with Crippen molar-refractivity contribution in [2.75, 3.05) is 0 Å². The molecule has 0 amide bonds. The van der Waals surface area contributed by atoms with Crippen LogP contribution < -0.4 is 0 Å². The summed E-state index contributed by atoms with van der Waals surface area (Å²) in [6, 6.07) is 7.25. The predicted molar refractivity (Wildman–Crippen MR) is 128 cm³/mol. The van der Waals surface area contributed by atoms with Crippen molar-refractivity contribution < 1.29 is 4.39 Å². The van der Waals surface area contributed by atoms with Crippen LogP contribution >= 0.6 is 0 Å². The summed E-state index contributed by atoms with van der Waals surface area (Å²) in [5.41, 5.74) is 1.32. The smallest absolute Gasteiger partial charge is 0.123 e. The molecule has 1 aromatic carbocycles. The molecule has 0 nitrogen and oxygen atoms in total. The second kappa shape index (κ2) is 12.3. The van der Waals surface area contributed by atoms with Crippen molar-refractivity contribution in [1.29, 1.82) is 0 Å². The lowest BCUT2D eigenvalue weighted by atomic mass is 9.65. The molecule has 2 aliphatic rings. The molecule has 1 heteroatoms. The van der Waals surface area contributed by atoms with Crippen LogP contribution in [0, 0.1) is 35.4 Å². The molecule has 0 bridgehead atoms. The number of unbranched alkanes of at least 4 members (excludes halogenated alkanes) is 4. The molecule has 0 radical (unpaired) electrons. The van der Waals surface area contributed by atoms with E-state index in [2.05, 4.69) is 20.8 Å². The Hall–Kier alpha value is -0.850. The second-order valence-corrected chi connectivity index (χ2v) is 10.9. The van der Waals surface area contributed by atoms with E-state index in [9.17, 15) is 4.39 Å². The molecule has 2 fully saturated rings. The molecular weight excluding hydrogens is 367 g/mol. The number of hydrogen-bond donors (Lipinski definition) is 0. The maximum absolute atomic E-state index is 13.2. The number of hydrogen-bond acceptors (Lipinski definition) is 0. The monoisotopic (exact) mass is 414 g/mol. The topological polar surface area (TPSA) is 0 Å². The molecule has 0 heterocycles. The Morgan fingerprint density at radius 1 is 0.733 bits per heavy atom. The summed E-state index contributed by atoms with van der Waals surface area (Å²) in [7, 11) is 0. The molecule has 0 spiro atoms. The van der Waals surface area contributed by atoms with Crippen LogP contribution in [0.25, 0.3) is 0 Å². The largest absolute Gasteiger partial charge is 0.207 e. The fourth-order valence-electron chi connectivity index (χ4n) is 6.63. The van der Waals surface area contributed by atoms with E-state index in [0.29, 0.717) is 5.92 Å². The normalized spacial score (nSPS) is 29.5. The fourth-order valence-corrected chi connectivity index (χ4v) is 6.63. The van der Waals surface area contributed by atoms with Crippen molar-refractivity contribution in [2.24, 2.45) is 29.6 Å². The minimum Gasteiger partial charge on any atom is -0.207 e. The third-order valence-electron chi connectivity index (χ3n) is 9.01. The highest BCUT2D eigenvalue weighted by atomic mass is 19.1. The van der Waals surface area contributed by atoms with E-state index in [1.807, 2.05) is 12.1 Å². The number of halogens is 1. The lowest BCUT2D eigenvalue weighted by molar-refractivity contribution is 0.118. The maximum Gasteiger partial charge on any atom is 0.123 e. The van der Waals surface area contributed by atoms with Crippen LogP contribution in [-0.2, 0) is 0 Å². The van der Waals surface area contributed by atoms with Crippen LogP contribution in [-0.4, -0.2) is 0 Å². The first-order valence-electron chi connectivity index (χ1n) is 13.3. The van der Waals surface area contributed by atoms with Gasteiger partial charge in [-0.1, -0.05) is 84.3 Å². The van der Waals surface area contributed by atoms with Gasteiger partial charge in [0, 0.05) is 0 Å². The Bertz CT molecular complexity index is 575. The predicted octanol–water partition coefficient (Wildman–Crippen LogP) is 9.54. The minimum absolute atomic E-state index is 0.116. The van der Waals surface area contributed by atoms with E-state index in [0.717, 1.165) is 29.6 Å². The van der Waals surface area contributed by atoms with Crippen LogP contribution in [0.4, 0.5) is 4.39 Å². The second-order valence-electron chi connectivity index (χ2n) is 10.9. The molecule has 2 saturated carbocycles. The number of rotatable bonds is 10. The molecule has 1 aromatic rings. The molecule has 2 unspecified atom stereocenters. The molecule has 0 aliphatic heterocycles. The fraction of sp³-hybridized carbons (Fsp3) is 0.793. The van der Waals surface area contributed by atoms with Gasteiger partial charge in [0.2, 0.25) is 0 Å². The third-order valence-corrected chi connectivity index (χ3v) is 9.01. The van der Waals surface area contributed by atoms with Crippen molar-refractivity contribution >= 4 is 0 Å². The van der Waals surface area contributed by atoms with Gasteiger partial charge in [-0.05, 0) is 91.7 Å². The average Bonchev–Trinajstić information content (AvgIpc) is 2.79. The standard InChI is InChI=1S/C29H47F/c1-4-5-6-7-8-9-24-10-12-25(13-11-24)22(2)26-14-16-27(17-15-26)23(3)28-18-20-29(30)21-19-28/h18-27H,4-17H2,1-3H3. The van der Waals surface area contributed by atoms with Crippen LogP contribution in [0.1, 0.15) is 122 Å². The Balaban J connectivity index is 1.36. The minimum atomic E-state index is -0.116. The summed E-state index contributed by atoms with van der Waals surface area (Å²) in [5.74, 6) is 5.10. The quantitative estimate of drug-likeness (QED) is 0.334. The van der Waals surface area contributed by atoms with Crippen LogP contribution in [0.5, 0.6) is 0 Å². The zero-order valence-electron chi connectivity index (χ0n) is 20.1. The van der Waals surface area contributed by atoms with Crippen molar-refractivity contribution in [2.45, 2.75) is 117 Å². The first kappa shape index (κ1) is 23.8. The van der Waals surface area contributed by atoms with E-state index < -0.39 is 0 Å². The van der Waals surface area contributed by atoms with Gasteiger partial charge in [-0.25, -0.2) is 4.39 Å². The van der Waals surface area contributed by atoms with Crippen LogP contribution in [0.15, 0.2) is 24.3 Å². The molecule has 2 atom stereocenters. The van der Waals surface area contributed by atoms with E-state index in [1.165, 1.54) is 95.5 Å². The number of benzene rings is 1. The van der Waals surface area contributed by atoms with Crippen molar-refractivity contribution in [3.63, 3.8) is 0 Å². The molecule has 2 aliphatic carbocycles. The highest BCUT2D eigenvalue weighted by molar-refractivity contribution is 5.20. The molecule has 0 N–H and O–H groups in total. The highest BCUT2D eigenvalue weighted by Crippen LogP contribution is 2.45. The van der Waals surface area contributed by atoms with Gasteiger partial charge < -0.3 is 0 Å². The summed E-state index contributed by atoms with van der Waals surface area (Å²) in [5, 5.41) is 0. The lowest BCUT2D eigenvalue weighted by Gasteiger charge is -2.40. The van der Waals surface area contributed by atoms with Crippen molar-refractivity contribution in [3.05, 3.63) is 35.6 Å². The first-order valence-corrected chi connectivity index (χ1v) is 13.3. The van der Waals surface area contributed by atoms with E-state index in [1.54, 1.807) is 12.1 Å². The van der Waals surface area contributed by atoms with Gasteiger partial charge in [-0.3, -0.25) is 0 Å². The van der Waals surface area contributed by atoms with Gasteiger partial charge in [0.25, 0.3) is 0 Å². The molecule has 170 valence electrons. The Kier molecular flexibility index (Phi) is 9.72. The zero-order valence-corrected chi connectivity index (χ0v) is 20.1. The summed E-state index contributed by atoms with van der Waals surface area (Å²) in [4.78, 5) is 0. The summed E-state index contributed by atoms with van der Waals surface area (Å²) >= 11 is 0. The highest BCUT2D eigenvalue weighted by Gasteiger charge is 2.33.